The summed E-state index contributed by atoms with van der Waals surface area (Å²) in [5.41, 5.74) is 2.65. The molecular weight excluding hydrogens is 238 g/mol. The average Bonchev–Trinajstić information content (AvgIpc) is 2.85. The second kappa shape index (κ2) is 7.07. The Bertz CT molecular complexity index is 508. The average molecular weight is 259 g/mol. The lowest BCUT2D eigenvalue weighted by atomic mass is 10.1. The number of nitrogens with one attached hydrogen (secondary N) is 1. The molecule has 102 valence electrons. The van der Waals surface area contributed by atoms with Crippen molar-refractivity contribution in [2.75, 3.05) is 20.3 Å². The molecule has 2 rings (SSSR count). The highest BCUT2D eigenvalue weighted by Crippen LogP contribution is 2.10. The van der Waals surface area contributed by atoms with E-state index in [2.05, 4.69) is 46.1 Å². The maximum absolute atomic E-state index is 5.01. The van der Waals surface area contributed by atoms with Crippen molar-refractivity contribution < 1.29 is 4.74 Å². The Morgan fingerprint density at radius 1 is 1.32 bits per heavy atom. The molecule has 0 saturated heterocycles. The number of imidazole rings is 1. The van der Waals surface area contributed by atoms with Crippen LogP contribution in [0.4, 0.5) is 0 Å². The first-order valence-electron chi connectivity index (χ1n) is 6.55. The molecule has 0 bridgehead atoms. The molecule has 1 aromatic carbocycles. The van der Waals surface area contributed by atoms with Crippen LogP contribution in [0.2, 0.25) is 0 Å². The lowest BCUT2D eigenvalue weighted by molar-refractivity contribution is 0.199. The van der Waals surface area contributed by atoms with Crippen molar-refractivity contribution in [3.63, 3.8) is 0 Å². The van der Waals surface area contributed by atoms with E-state index in [4.69, 9.17) is 4.74 Å². The van der Waals surface area contributed by atoms with Crippen LogP contribution in [0.5, 0.6) is 0 Å². The normalized spacial score (nSPS) is 10.8. The summed E-state index contributed by atoms with van der Waals surface area (Å²) in [4.78, 5) is 4.40. The number of nitrogens with zero attached hydrogens (tertiary/aromatic N) is 2. The van der Waals surface area contributed by atoms with E-state index in [-0.39, 0.29) is 0 Å². The van der Waals surface area contributed by atoms with E-state index in [1.54, 1.807) is 7.11 Å². The fourth-order valence-electron chi connectivity index (χ4n) is 2.00. The summed E-state index contributed by atoms with van der Waals surface area (Å²) in [7, 11) is 1.71. The van der Waals surface area contributed by atoms with Gasteiger partial charge < -0.3 is 14.6 Å². The molecule has 0 spiro atoms. The third-order valence-corrected chi connectivity index (χ3v) is 3.17. The van der Waals surface area contributed by atoms with Crippen LogP contribution in [-0.2, 0) is 17.8 Å². The number of aryl methyl sites for hydroxylation is 1. The number of hydrogen-bond acceptors (Lipinski definition) is 3. The van der Waals surface area contributed by atoms with Gasteiger partial charge in [0, 0.05) is 32.6 Å². The molecule has 0 fully saturated rings. The summed E-state index contributed by atoms with van der Waals surface area (Å²) in [5, 5.41) is 3.32. The number of hydrogen-bond donors (Lipinski definition) is 1. The number of aromatic nitrogens is 2. The summed E-state index contributed by atoms with van der Waals surface area (Å²) >= 11 is 0. The second-order valence-corrected chi connectivity index (χ2v) is 4.57. The van der Waals surface area contributed by atoms with Gasteiger partial charge in [0.15, 0.2) is 0 Å². The first-order chi connectivity index (χ1) is 9.31. The SMILES string of the molecule is COCCNCc1nccn1Cc1ccccc1C. The summed E-state index contributed by atoms with van der Waals surface area (Å²) in [6, 6.07) is 8.45. The van der Waals surface area contributed by atoms with Gasteiger partial charge in [0.2, 0.25) is 0 Å². The van der Waals surface area contributed by atoms with Crippen molar-refractivity contribution in [3.05, 3.63) is 53.6 Å². The van der Waals surface area contributed by atoms with Gasteiger partial charge in [-0.05, 0) is 18.1 Å². The maximum Gasteiger partial charge on any atom is 0.122 e. The van der Waals surface area contributed by atoms with Crippen LogP contribution in [0.3, 0.4) is 0 Å². The molecule has 1 N–H and O–H groups in total. The van der Waals surface area contributed by atoms with E-state index in [0.717, 1.165) is 32.1 Å². The Morgan fingerprint density at radius 2 is 2.16 bits per heavy atom. The molecule has 0 aliphatic rings. The predicted molar refractivity (Wildman–Crippen MR) is 76.1 cm³/mol. The molecule has 0 radical (unpaired) electrons. The minimum atomic E-state index is 0.721. The van der Waals surface area contributed by atoms with Gasteiger partial charge in [0.25, 0.3) is 0 Å². The third-order valence-electron chi connectivity index (χ3n) is 3.17. The molecule has 0 atom stereocenters. The smallest absolute Gasteiger partial charge is 0.122 e. The molecule has 0 amide bonds. The van der Waals surface area contributed by atoms with Crippen LogP contribution in [0.1, 0.15) is 17.0 Å². The molecule has 0 unspecified atom stereocenters. The topological polar surface area (TPSA) is 39.1 Å². The maximum atomic E-state index is 5.01. The van der Waals surface area contributed by atoms with Crippen LogP contribution < -0.4 is 5.32 Å². The van der Waals surface area contributed by atoms with Gasteiger partial charge in [0.05, 0.1) is 13.2 Å². The molecule has 19 heavy (non-hydrogen) atoms. The Kier molecular flexibility index (Phi) is 5.12. The highest BCUT2D eigenvalue weighted by molar-refractivity contribution is 5.26. The van der Waals surface area contributed by atoms with Gasteiger partial charge in [-0.25, -0.2) is 4.98 Å². The summed E-state index contributed by atoms with van der Waals surface area (Å²) in [5.74, 6) is 1.05. The van der Waals surface area contributed by atoms with E-state index in [9.17, 15) is 0 Å². The van der Waals surface area contributed by atoms with E-state index in [1.807, 2.05) is 12.4 Å². The quantitative estimate of drug-likeness (QED) is 0.773. The molecule has 4 nitrogen and oxygen atoms in total. The largest absolute Gasteiger partial charge is 0.383 e. The predicted octanol–water partition coefficient (Wildman–Crippen LogP) is 1.98. The molecule has 1 aromatic heterocycles. The van der Waals surface area contributed by atoms with Crippen molar-refractivity contribution >= 4 is 0 Å². The number of rotatable bonds is 7. The molecule has 2 aromatic rings. The Hall–Kier alpha value is -1.65. The van der Waals surface area contributed by atoms with Gasteiger partial charge in [-0.2, -0.15) is 0 Å². The standard InChI is InChI=1S/C15H21N3O/c1-13-5-3-4-6-14(13)12-18-9-7-17-15(18)11-16-8-10-19-2/h3-7,9,16H,8,10-12H2,1-2H3. The molecule has 0 aliphatic heterocycles. The van der Waals surface area contributed by atoms with E-state index in [1.165, 1.54) is 11.1 Å². The van der Waals surface area contributed by atoms with E-state index in [0.29, 0.717) is 0 Å². The van der Waals surface area contributed by atoms with Gasteiger partial charge in [-0.15, -0.1) is 0 Å². The second-order valence-electron chi connectivity index (χ2n) is 4.57. The summed E-state index contributed by atoms with van der Waals surface area (Å²) in [6.45, 7) is 5.34. The number of ether oxygens (including phenoxy) is 1. The van der Waals surface area contributed by atoms with Crippen molar-refractivity contribution in [2.45, 2.75) is 20.0 Å². The first kappa shape index (κ1) is 13.8. The van der Waals surface area contributed by atoms with Crippen molar-refractivity contribution in [1.82, 2.24) is 14.9 Å². The van der Waals surface area contributed by atoms with Crippen molar-refractivity contribution in [1.29, 1.82) is 0 Å². The van der Waals surface area contributed by atoms with Crippen molar-refractivity contribution in [3.8, 4) is 0 Å². The van der Waals surface area contributed by atoms with Crippen LogP contribution in [-0.4, -0.2) is 29.8 Å². The number of benzene rings is 1. The highest BCUT2D eigenvalue weighted by atomic mass is 16.5. The van der Waals surface area contributed by atoms with Crippen LogP contribution in [0.25, 0.3) is 0 Å². The van der Waals surface area contributed by atoms with Crippen LogP contribution in [0.15, 0.2) is 36.7 Å². The first-order valence-corrected chi connectivity index (χ1v) is 6.55. The summed E-state index contributed by atoms with van der Waals surface area (Å²) < 4.78 is 7.20. The fraction of sp³-hybridized carbons (Fsp3) is 0.400. The molecule has 4 heteroatoms. The minimum Gasteiger partial charge on any atom is -0.383 e. The van der Waals surface area contributed by atoms with Crippen LogP contribution >= 0.6 is 0 Å². The van der Waals surface area contributed by atoms with Gasteiger partial charge in [-0.1, -0.05) is 24.3 Å². The van der Waals surface area contributed by atoms with Gasteiger partial charge in [0.1, 0.15) is 5.82 Å². The number of methoxy groups -OCH3 is 1. The van der Waals surface area contributed by atoms with Crippen LogP contribution in [0, 0.1) is 6.92 Å². The zero-order valence-electron chi connectivity index (χ0n) is 11.6. The molecule has 1 heterocycles. The summed E-state index contributed by atoms with van der Waals surface area (Å²) in [6.07, 6.45) is 3.88. The van der Waals surface area contributed by atoms with Gasteiger partial charge in [-0.3, -0.25) is 0 Å². The highest BCUT2D eigenvalue weighted by Gasteiger charge is 2.04. The van der Waals surface area contributed by atoms with Gasteiger partial charge >= 0.3 is 0 Å². The van der Waals surface area contributed by atoms with E-state index < -0.39 is 0 Å². The Morgan fingerprint density at radius 3 is 2.95 bits per heavy atom. The fourth-order valence-corrected chi connectivity index (χ4v) is 2.00. The molecule has 0 aliphatic carbocycles. The zero-order valence-corrected chi connectivity index (χ0v) is 11.6. The minimum absolute atomic E-state index is 0.721. The monoisotopic (exact) mass is 259 g/mol. The lowest BCUT2D eigenvalue weighted by Gasteiger charge is -2.10. The Labute approximate surface area is 114 Å². The Balaban J connectivity index is 1.98. The lowest BCUT2D eigenvalue weighted by Crippen LogP contribution is -2.21. The zero-order chi connectivity index (χ0) is 13.5. The third kappa shape index (κ3) is 3.91. The molecule has 0 saturated carbocycles. The van der Waals surface area contributed by atoms with E-state index >= 15 is 0 Å². The molecular formula is C15H21N3O. The van der Waals surface area contributed by atoms with Crippen molar-refractivity contribution in [2.24, 2.45) is 0 Å².